The molecule has 6 heteroatoms. The van der Waals surface area contributed by atoms with Gasteiger partial charge >= 0.3 is 0 Å². The molecule has 0 saturated heterocycles. The van der Waals surface area contributed by atoms with E-state index in [4.69, 9.17) is 16.6 Å². The van der Waals surface area contributed by atoms with Crippen molar-refractivity contribution in [3.63, 3.8) is 0 Å². The van der Waals surface area contributed by atoms with E-state index < -0.39 is 0 Å². The Hall–Kier alpha value is -2.89. The molecule has 2 aromatic carbocycles. The summed E-state index contributed by atoms with van der Waals surface area (Å²) in [5.41, 5.74) is 4.36. The summed E-state index contributed by atoms with van der Waals surface area (Å²) < 4.78 is 2.02. The highest BCUT2D eigenvalue weighted by Crippen LogP contribution is 2.36. The molecule has 4 aromatic rings. The summed E-state index contributed by atoms with van der Waals surface area (Å²) in [4.78, 5) is 11.3. The molecule has 2 aromatic heterocycles. The number of fused-ring (bicyclic) bond motifs is 1. The van der Waals surface area contributed by atoms with Crippen LogP contribution in [-0.2, 0) is 0 Å². The standard InChI is InChI=1S/C21H19ClN4O/c1-15-20-24-19(16-6-3-2-4-7-16)21(26(20)11-10-23-15)25(12-13-27)18-9-5-8-17(22)14-18/h2-11,14,27H,12-13H2,1H3. The van der Waals surface area contributed by atoms with Gasteiger partial charge in [0, 0.05) is 35.2 Å². The van der Waals surface area contributed by atoms with Crippen molar-refractivity contribution in [3.05, 3.63) is 77.7 Å². The van der Waals surface area contributed by atoms with Gasteiger partial charge in [-0.15, -0.1) is 0 Å². The van der Waals surface area contributed by atoms with Gasteiger partial charge in [0.25, 0.3) is 0 Å². The van der Waals surface area contributed by atoms with Crippen LogP contribution in [0.5, 0.6) is 0 Å². The summed E-state index contributed by atoms with van der Waals surface area (Å²) in [7, 11) is 0. The van der Waals surface area contributed by atoms with Gasteiger partial charge in [0.15, 0.2) is 5.65 Å². The molecule has 0 amide bonds. The number of anilines is 2. The van der Waals surface area contributed by atoms with Crippen LogP contribution in [0, 0.1) is 6.92 Å². The predicted octanol–water partition coefficient (Wildman–Crippen LogP) is 4.49. The van der Waals surface area contributed by atoms with E-state index in [1.54, 1.807) is 6.20 Å². The molecule has 0 radical (unpaired) electrons. The van der Waals surface area contributed by atoms with Crippen LogP contribution in [0.2, 0.25) is 5.02 Å². The second kappa shape index (κ2) is 7.39. The number of halogens is 1. The summed E-state index contributed by atoms with van der Waals surface area (Å²) in [6.07, 6.45) is 3.66. The van der Waals surface area contributed by atoms with Crippen LogP contribution in [0.3, 0.4) is 0 Å². The van der Waals surface area contributed by atoms with E-state index in [1.165, 1.54) is 0 Å². The Morgan fingerprint density at radius 3 is 2.67 bits per heavy atom. The van der Waals surface area contributed by atoms with Crippen molar-refractivity contribution >= 4 is 28.8 Å². The fraction of sp³-hybridized carbons (Fsp3) is 0.143. The zero-order chi connectivity index (χ0) is 18.8. The summed E-state index contributed by atoms with van der Waals surface area (Å²) in [5.74, 6) is 0.873. The second-order valence-corrected chi connectivity index (χ2v) is 6.65. The minimum atomic E-state index is -0.00194. The lowest BCUT2D eigenvalue weighted by Gasteiger charge is -2.25. The average Bonchev–Trinajstić information content (AvgIpc) is 3.07. The maximum Gasteiger partial charge on any atom is 0.160 e. The fourth-order valence-corrected chi connectivity index (χ4v) is 3.42. The van der Waals surface area contributed by atoms with Crippen LogP contribution in [-0.4, -0.2) is 32.6 Å². The first kappa shape index (κ1) is 17.5. The molecule has 1 N–H and O–H groups in total. The number of benzene rings is 2. The van der Waals surface area contributed by atoms with E-state index in [9.17, 15) is 5.11 Å². The first-order valence-electron chi connectivity index (χ1n) is 8.72. The Morgan fingerprint density at radius 1 is 1.11 bits per heavy atom. The molecule has 136 valence electrons. The number of hydrogen-bond donors (Lipinski definition) is 1. The highest BCUT2D eigenvalue weighted by atomic mass is 35.5. The number of aliphatic hydroxyl groups excluding tert-OH is 1. The molecule has 0 aliphatic carbocycles. The van der Waals surface area contributed by atoms with Crippen LogP contribution in [0.1, 0.15) is 5.69 Å². The van der Waals surface area contributed by atoms with E-state index in [0.717, 1.165) is 34.1 Å². The third kappa shape index (κ3) is 3.27. The van der Waals surface area contributed by atoms with Crippen molar-refractivity contribution in [1.29, 1.82) is 0 Å². The SMILES string of the molecule is Cc1nccn2c(N(CCO)c3cccc(Cl)c3)c(-c3ccccc3)nc12. The molecule has 5 nitrogen and oxygen atoms in total. The Morgan fingerprint density at radius 2 is 1.93 bits per heavy atom. The Bertz CT molecular complexity index is 1080. The summed E-state index contributed by atoms with van der Waals surface area (Å²) in [6.45, 7) is 2.35. The lowest BCUT2D eigenvalue weighted by Crippen LogP contribution is -2.23. The van der Waals surface area contributed by atoms with E-state index in [1.807, 2.05) is 77.0 Å². The van der Waals surface area contributed by atoms with Gasteiger partial charge in [-0.25, -0.2) is 4.98 Å². The highest BCUT2D eigenvalue weighted by Gasteiger charge is 2.22. The smallest absolute Gasteiger partial charge is 0.160 e. The van der Waals surface area contributed by atoms with Crippen LogP contribution in [0.4, 0.5) is 11.5 Å². The molecule has 4 rings (SSSR count). The van der Waals surface area contributed by atoms with Gasteiger partial charge in [-0.2, -0.15) is 0 Å². The average molecular weight is 379 g/mol. The molecule has 0 aliphatic rings. The Labute approximate surface area is 162 Å². The second-order valence-electron chi connectivity index (χ2n) is 6.21. The van der Waals surface area contributed by atoms with Gasteiger partial charge in [0.1, 0.15) is 11.5 Å². The first-order chi connectivity index (χ1) is 13.2. The lowest BCUT2D eigenvalue weighted by molar-refractivity contribution is 0.305. The predicted molar refractivity (Wildman–Crippen MR) is 109 cm³/mol. The van der Waals surface area contributed by atoms with Gasteiger partial charge in [0.05, 0.1) is 12.3 Å². The van der Waals surface area contributed by atoms with Gasteiger partial charge in [0.2, 0.25) is 0 Å². The zero-order valence-electron chi connectivity index (χ0n) is 14.9. The fourth-order valence-electron chi connectivity index (χ4n) is 3.24. The number of imidazole rings is 1. The van der Waals surface area contributed by atoms with Gasteiger partial charge in [-0.1, -0.05) is 48.0 Å². The third-order valence-electron chi connectivity index (χ3n) is 4.44. The quantitative estimate of drug-likeness (QED) is 0.556. The van der Waals surface area contributed by atoms with Gasteiger partial charge < -0.3 is 10.0 Å². The molecular formula is C21H19ClN4O. The molecule has 0 atom stereocenters. The van der Waals surface area contributed by atoms with Gasteiger partial charge in [-0.05, 0) is 25.1 Å². The van der Waals surface area contributed by atoms with Crippen LogP contribution < -0.4 is 4.90 Å². The number of aliphatic hydroxyl groups is 1. The van der Waals surface area contributed by atoms with Crippen molar-refractivity contribution in [2.45, 2.75) is 6.92 Å². The molecule has 0 saturated carbocycles. The molecular weight excluding hydrogens is 360 g/mol. The molecule has 0 unspecified atom stereocenters. The number of nitrogens with zero attached hydrogens (tertiary/aromatic N) is 4. The number of hydrogen-bond acceptors (Lipinski definition) is 4. The van der Waals surface area contributed by atoms with Crippen molar-refractivity contribution in [2.24, 2.45) is 0 Å². The highest BCUT2D eigenvalue weighted by molar-refractivity contribution is 6.30. The topological polar surface area (TPSA) is 53.7 Å². The molecule has 0 aliphatic heterocycles. The number of aromatic nitrogens is 3. The summed E-state index contributed by atoms with van der Waals surface area (Å²) in [6, 6.07) is 17.6. The van der Waals surface area contributed by atoms with Crippen LogP contribution >= 0.6 is 11.6 Å². The van der Waals surface area contributed by atoms with Gasteiger partial charge in [-0.3, -0.25) is 9.38 Å². The summed E-state index contributed by atoms with van der Waals surface area (Å²) >= 11 is 6.23. The Balaban J connectivity index is 2.01. The molecule has 0 spiro atoms. The van der Waals surface area contributed by atoms with Crippen molar-refractivity contribution in [3.8, 4) is 11.3 Å². The first-order valence-corrected chi connectivity index (χ1v) is 9.10. The zero-order valence-corrected chi connectivity index (χ0v) is 15.6. The normalized spacial score (nSPS) is 11.1. The number of aryl methyl sites for hydroxylation is 1. The minimum Gasteiger partial charge on any atom is -0.395 e. The van der Waals surface area contributed by atoms with Crippen LogP contribution in [0.15, 0.2) is 67.0 Å². The maximum absolute atomic E-state index is 9.74. The molecule has 2 heterocycles. The molecule has 0 fully saturated rings. The van der Waals surface area contributed by atoms with E-state index in [0.29, 0.717) is 11.6 Å². The number of rotatable bonds is 5. The molecule has 27 heavy (non-hydrogen) atoms. The minimum absolute atomic E-state index is 0.00194. The monoisotopic (exact) mass is 378 g/mol. The van der Waals surface area contributed by atoms with E-state index >= 15 is 0 Å². The largest absolute Gasteiger partial charge is 0.395 e. The Kier molecular flexibility index (Phi) is 4.79. The van der Waals surface area contributed by atoms with E-state index in [2.05, 4.69) is 4.98 Å². The van der Waals surface area contributed by atoms with Crippen molar-refractivity contribution < 1.29 is 5.11 Å². The van der Waals surface area contributed by atoms with Crippen molar-refractivity contribution in [1.82, 2.24) is 14.4 Å². The lowest BCUT2D eigenvalue weighted by atomic mass is 10.1. The molecule has 0 bridgehead atoms. The third-order valence-corrected chi connectivity index (χ3v) is 4.67. The maximum atomic E-state index is 9.74. The van der Waals surface area contributed by atoms with Crippen molar-refractivity contribution in [2.75, 3.05) is 18.1 Å². The van der Waals surface area contributed by atoms with Crippen LogP contribution in [0.25, 0.3) is 16.9 Å². The van der Waals surface area contributed by atoms with E-state index in [-0.39, 0.29) is 6.61 Å². The summed E-state index contributed by atoms with van der Waals surface area (Å²) in [5, 5.41) is 10.4.